The Morgan fingerprint density at radius 2 is 1.90 bits per heavy atom. The molecule has 5 nitrogen and oxygen atoms in total. The molecule has 0 aliphatic carbocycles. The van der Waals surface area contributed by atoms with Crippen molar-refractivity contribution in [2.45, 2.75) is 19.3 Å². The maximum absolute atomic E-state index is 11.5. The number of hydrogen-bond donors (Lipinski definition) is 2. The predicted octanol–water partition coefficient (Wildman–Crippen LogP) is 0.914. The van der Waals surface area contributed by atoms with E-state index in [9.17, 15) is 4.79 Å². The molecule has 1 heterocycles. The average molecular weight is 330 g/mol. The molecule has 0 radical (unpaired) electrons. The molecule has 2 N–H and O–H groups in total. The molecule has 0 aromatic carbocycles. The number of hydrogen-bond acceptors (Lipinski definition) is 4. The van der Waals surface area contributed by atoms with Gasteiger partial charge in [-0.25, -0.2) is 0 Å². The second-order valence-electron chi connectivity index (χ2n) is 5.05. The summed E-state index contributed by atoms with van der Waals surface area (Å²) in [6.07, 6.45) is 3.63. The first-order valence-corrected chi connectivity index (χ1v) is 6.87. The molecule has 1 saturated heterocycles. The number of carbonyl (C=O) groups is 1. The fraction of sp³-hybridized carbons (Fsp3) is 0.923. The van der Waals surface area contributed by atoms with Crippen molar-refractivity contribution in [3.8, 4) is 0 Å². The first-order valence-electron chi connectivity index (χ1n) is 6.87. The van der Waals surface area contributed by atoms with Gasteiger partial charge >= 0.3 is 0 Å². The summed E-state index contributed by atoms with van der Waals surface area (Å²) < 4.78 is 4.89. The van der Waals surface area contributed by atoms with Crippen LogP contribution in [0.3, 0.4) is 0 Å². The minimum atomic E-state index is 0. The third-order valence-corrected chi connectivity index (χ3v) is 3.48. The summed E-state index contributed by atoms with van der Waals surface area (Å²) in [4.78, 5) is 13.8. The smallest absolute Gasteiger partial charge is 0.233 e. The summed E-state index contributed by atoms with van der Waals surface area (Å²) in [7, 11) is 3.83. The second-order valence-corrected chi connectivity index (χ2v) is 5.05. The first-order chi connectivity index (χ1) is 8.72. The Hall–Kier alpha value is -0.0700. The summed E-state index contributed by atoms with van der Waals surface area (Å²) in [5, 5.41) is 6.00. The lowest BCUT2D eigenvalue weighted by Gasteiger charge is -2.28. The van der Waals surface area contributed by atoms with Crippen LogP contribution in [0.1, 0.15) is 19.3 Å². The molecule has 0 atom stereocenters. The lowest BCUT2D eigenvalue weighted by atomic mass is 9.94. The highest BCUT2D eigenvalue weighted by atomic mass is 35.5. The van der Waals surface area contributed by atoms with Gasteiger partial charge in [-0.1, -0.05) is 0 Å². The van der Waals surface area contributed by atoms with Crippen molar-refractivity contribution < 1.29 is 9.53 Å². The molecule has 1 rings (SSSR count). The maximum atomic E-state index is 11.5. The van der Waals surface area contributed by atoms with Crippen LogP contribution < -0.4 is 10.6 Å². The second kappa shape index (κ2) is 13.9. The highest BCUT2D eigenvalue weighted by Crippen LogP contribution is 2.18. The summed E-state index contributed by atoms with van der Waals surface area (Å²) in [6.45, 7) is 4.94. The molecule has 20 heavy (non-hydrogen) atoms. The maximum Gasteiger partial charge on any atom is 0.233 e. The van der Waals surface area contributed by atoms with Crippen molar-refractivity contribution in [2.24, 2.45) is 5.92 Å². The molecule has 0 aromatic rings. The molecule has 0 aromatic heterocycles. The summed E-state index contributed by atoms with van der Waals surface area (Å²) in [5.74, 6) is 0.863. The van der Waals surface area contributed by atoms with Gasteiger partial charge in [-0.3, -0.25) is 4.79 Å². The van der Waals surface area contributed by atoms with E-state index < -0.39 is 0 Å². The van der Waals surface area contributed by atoms with Crippen LogP contribution in [-0.4, -0.2) is 64.3 Å². The SMILES string of the molecule is COCCNCC(=O)NCCC1CCN(C)CC1.Cl.Cl. The number of piperidine rings is 1. The third-order valence-electron chi connectivity index (χ3n) is 3.48. The van der Waals surface area contributed by atoms with Crippen molar-refractivity contribution in [1.82, 2.24) is 15.5 Å². The van der Waals surface area contributed by atoms with Crippen LogP contribution in [-0.2, 0) is 9.53 Å². The molecule has 1 amide bonds. The Labute approximate surface area is 135 Å². The fourth-order valence-electron chi connectivity index (χ4n) is 2.21. The van der Waals surface area contributed by atoms with Crippen LogP contribution >= 0.6 is 24.8 Å². The van der Waals surface area contributed by atoms with Crippen LogP contribution in [0.5, 0.6) is 0 Å². The van der Waals surface area contributed by atoms with Crippen LogP contribution in [0, 0.1) is 5.92 Å². The van der Waals surface area contributed by atoms with Crippen molar-refractivity contribution in [2.75, 3.05) is 53.5 Å². The van der Waals surface area contributed by atoms with Gasteiger partial charge in [0.2, 0.25) is 5.91 Å². The number of nitrogens with one attached hydrogen (secondary N) is 2. The molecule has 122 valence electrons. The Kier molecular flexibility index (Phi) is 15.4. The van der Waals surface area contributed by atoms with Gasteiger partial charge in [0.15, 0.2) is 0 Å². The van der Waals surface area contributed by atoms with E-state index >= 15 is 0 Å². The number of carbonyl (C=O) groups excluding carboxylic acids is 1. The molecule has 0 bridgehead atoms. The van der Waals surface area contributed by atoms with Gasteiger partial charge in [0.25, 0.3) is 0 Å². The van der Waals surface area contributed by atoms with E-state index in [0.29, 0.717) is 13.2 Å². The van der Waals surface area contributed by atoms with E-state index in [4.69, 9.17) is 4.74 Å². The molecule has 0 unspecified atom stereocenters. The number of ether oxygens (including phenoxy) is 1. The molecule has 7 heteroatoms. The van der Waals surface area contributed by atoms with E-state index in [1.54, 1.807) is 7.11 Å². The Balaban J connectivity index is 0. The molecule has 1 aliphatic rings. The highest BCUT2D eigenvalue weighted by molar-refractivity contribution is 5.85. The number of halogens is 2. The zero-order chi connectivity index (χ0) is 13.2. The van der Waals surface area contributed by atoms with Gasteiger partial charge in [0, 0.05) is 20.2 Å². The van der Waals surface area contributed by atoms with Crippen LogP contribution in [0.25, 0.3) is 0 Å². The van der Waals surface area contributed by atoms with Gasteiger partial charge in [-0.05, 0) is 45.3 Å². The summed E-state index contributed by atoms with van der Waals surface area (Å²) in [6, 6.07) is 0. The lowest BCUT2D eigenvalue weighted by molar-refractivity contribution is -0.120. The van der Waals surface area contributed by atoms with E-state index in [1.165, 1.54) is 25.9 Å². The minimum absolute atomic E-state index is 0. The number of nitrogens with zero attached hydrogens (tertiary/aromatic N) is 1. The number of likely N-dealkylation sites (tertiary alicyclic amines) is 1. The Morgan fingerprint density at radius 3 is 2.50 bits per heavy atom. The lowest BCUT2D eigenvalue weighted by Crippen LogP contribution is -2.37. The number of rotatable bonds is 8. The molecule has 0 saturated carbocycles. The molecule has 0 spiro atoms. The topological polar surface area (TPSA) is 53.6 Å². The number of methoxy groups -OCH3 is 1. The molecular weight excluding hydrogens is 301 g/mol. The summed E-state index contributed by atoms with van der Waals surface area (Å²) >= 11 is 0. The normalized spacial score (nSPS) is 16.1. The van der Waals surface area contributed by atoms with Gasteiger partial charge in [0.05, 0.1) is 13.2 Å². The van der Waals surface area contributed by atoms with E-state index in [-0.39, 0.29) is 30.7 Å². The summed E-state index contributed by atoms with van der Waals surface area (Å²) in [5.41, 5.74) is 0. The van der Waals surface area contributed by atoms with Crippen LogP contribution in [0.15, 0.2) is 0 Å². The standard InChI is InChI=1S/C13H27N3O2.2ClH/c1-16-8-4-12(5-9-16)3-6-15-13(17)11-14-7-10-18-2;;/h12,14H,3-11H2,1-2H3,(H,15,17);2*1H. The van der Waals surface area contributed by atoms with E-state index in [1.807, 2.05) is 0 Å². The first kappa shape index (κ1) is 22.2. The minimum Gasteiger partial charge on any atom is -0.383 e. The molecule has 1 aliphatic heterocycles. The zero-order valence-electron chi connectivity index (χ0n) is 12.5. The zero-order valence-corrected chi connectivity index (χ0v) is 14.2. The molecular formula is C13H29Cl2N3O2. The van der Waals surface area contributed by atoms with Crippen LogP contribution in [0.4, 0.5) is 0 Å². The van der Waals surface area contributed by atoms with Gasteiger partial charge in [0.1, 0.15) is 0 Å². The van der Waals surface area contributed by atoms with Gasteiger partial charge in [-0.2, -0.15) is 0 Å². The van der Waals surface area contributed by atoms with Crippen molar-refractivity contribution in [1.29, 1.82) is 0 Å². The van der Waals surface area contributed by atoms with E-state index in [2.05, 4.69) is 22.6 Å². The van der Waals surface area contributed by atoms with Gasteiger partial charge < -0.3 is 20.3 Å². The van der Waals surface area contributed by atoms with Crippen LogP contribution in [0.2, 0.25) is 0 Å². The Bertz CT molecular complexity index is 238. The molecule has 1 fully saturated rings. The van der Waals surface area contributed by atoms with Crippen molar-refractivity contribution >= 4 is 30.7 Å². The monoisotopic (exact) mass is 329 g/mol. The largest absolute Gasteiger partial charge is 0.383 e. The van der Waals surface area contributed by atoms with E-state index in [0.717, 1.165) is 25.4 Å². The van der Waals surface area contributed by atoms with Crippen molar-refractivity contribution in [3.05, 3.63) is 0 Å². The Morgan fingerprint density at radius 1 is 1.25 bits per heavy atom. The third kappa shape index (κ3) is 10.7. The highest BCUT2D eigenvalue weighted by Gasteiger charge is 2.16. The predicted molar refractivity (Wildman–Crippen MR) is 87.1 cm³/mol. The van der Waals surface area contributed by atoms with Gasteiger partial charge in [-0.15, -0.1) is 24.8 Å². The van der Waals surface area contributed by atoms with Crippen molar-refractivity contribution in [3.63, 3.8) is 0 Å². The quantitative estimate of drug-likeness (QED) is 0.650. The fourth-order valence-corrected chi connectivity index (χ4v) is 2.21. The number of amides is 1. The average Bonchev–Trinajstić information content (AvgIpc) is 2.37.